The van der Waals surface area contributed by atoms with Gasteiger partial charge in [-0.25, -0.2) is 18.4 Å². The average Bonchev–Trinajstić information content (AvgIpc) is 2.43. The normalized spacial score (nSPS) is 24.2. The Hall–Kier alpha value is -1.49. The van der Waals surface area contributed by atoms with Crippen molar-refractivity contribution in [2.24, 2.45) is 0 Å². The smallest absolute Gasteiger partial charge is 0.244 e. The zero-order valence-corrected chi connectivity index (χ0v) is 12.4. The number of piperidine rings is 1. The van der Waals surface area contributed by atoms with Gasteiger partial charge in [0.2, 0.25) is 0 Å². The largest absolute Gasteiger partial charge is 0.255 e. The molecule has 2 heterocycles. The second-order valence-corrected chi connectivity index (χ2v) is 6.78. The van der Waals surface area contributed by atoms with Crippen LogP contribution in [0.1, 0.15) is 38.8 Å². The molecule has 108 valence electrons. The summed E-state index contributed by atoms with van der Waals surface area (Å²) >= 11 is 0. The zero-order valence-electron chi connectivity index (χ0n) is 11.6. The van der Waals surface area contributed by atoms with Crippen LogP contribution >= 0.6 is 0 Å². The summed E-state index contributed by atoms with van der Waals surface area (Å²) in [4.78, 5) is 6.50. The first-order valence-electron chi connectivity index (χ1n) is 6.61. The molecular formula is C13H18N4O2S. The highest BCUT2D eigenvalue weighted by molar-refractivity contribution is 7.89. The zero-order chi connectivity index (χ0) is 14.8. The highest BCUT2D eigenvalue weighted by Crippen LogP contribution is 2.21. The van der Waals surface area contributed by atoms with Crippen LogP contribution in [-0.4, -0.2) is 30.5 Å². The molecule has 1 N–H and O–H groups in total. The van der Waals surface area contributed by atoms with Crippen molar-refractivity contribution in [3.05, 3.63) is 24.0 Å². The summed E-state index contributed by atoms with van der Waals surface area (Å²) in [5, 5.41) is 10.5. The molecular weight excluding hydrogens is 276 g/mol. The number of nitrogens with zero attached hydrogens (tertiary/aromatic N) is 3. The fourth-order valence-electron chi connectivity index (χ4n) is 2.40. The van der Waals surface area contributed by atoms with Gasteiger partial charge in [0.15, 0.2) is 0 Å². The van der Waals surface area contributed by atoms with Gasteiger partial charge in [0.05, 0.1) is 0 Å². The first-order valence-corrected chi connectivity index (χ1v) is 8.09. The van der Waals surface area contributed by atoms with E-state index in [-0.39, 0.29) is 22.7 Å². The van der Waals surface area contributed by atoms with Crippen LogP contribution in [0.25, 0.3) is 0 Å². The number of nitriles is 1. The van der Waals surface area contributed by atoms with E-state index >= 15 is 0 Å². The van der Waals surface area contributed by atoms with Crippen molar-refractivity contribution in [1.82, 2.24) is 14.8 Å². The highest BCUT2D eigenvalue weighted by atomic mass is 32.2. The van der Waals surface area contributed by atoms with E-state index in [1.165, 1.54) is 18.3 Å². The van der Waals surface area contributed by atoms with Crippen LogP contribution in [-0.2, 0) is 10.0 Å². The van der Waals surface area contributed by atoms with Crippen LogP contribution < -0.4 is 4.83 Å². The fraction of sp³-hybridized carbons (Fsp3) is 0.538. The molecule has 0 radical (unpaired) electrons. The van der Waals surface area contributed by atoms with Gasteiger partial charge in [-0.3, -0.25) is 0 Å². The van der Waals surface area contributed by atoms with E-state index in [2.05, 4.69) is 9.82 Å². The van der Waals surface area contributed by atoms with Gasteiger partial charge in [-0.2, -0.15) is 5.26 Å². The third-order valence-electron chi connectivity index (χ3n) is 3.58. The Morgan fingerprint density at radius 1 is 1.35 bits per heavy atom. The Balaban J connectivity index is 2.19. The summed E-state index contributed by atoms with van der Waals surface area (Å²) in [7, 11) is -3.65. The summed E-state index contributed by atoms with van der Waals surface area (Å²) in [6.07, 6.45) is 4.26. The lowest BCUT2D eigenvalue weighted by Crippen LogP contribution is -2.53. The van der Waals surface area contributed by atoms with Gasteiger partial charge in [0.1, 0.15) is 16.7 Å². The molecule has 6 nitrogen and oxygen atoms in total. The maximum atomic E-state index is 12.3. The van der Waals surface area contributed by atoms with Gasteiger partial charge >= 0.3 is 0 Å². The Labute approximate surface area is 119 Å². The first-order chi connectivity index (χ1) is 9.44. The van der Waals surface area contributed by atoms with Crippen molar-refractivity contribution in [3.8, 4) is 6.07 Å². The second-order valence-electron chi connectivity index (χ2n) is 5.12. The third-order valence-corrected chi connectivity index (χ3v) is 4.89. The Kier molecular flexibility index (Phi) is 4.38. The van der Waals surface area contributed by atoms with E-state index in [4.69, 9.17) is 5.26 Å². The maximum absolute atomic E-state index is 12.3. The predicted octanol–water partition coefficient (Wildman–Crippen LogP) is 1.41. The number of hydrogen-bond acceptors (Lipinski definition) is 5. The molecule has 1 saturated heterocycles. The molecule has 2 atom stereocenters. The second kappa shape index (κ2) is 5.87. The minimum atomic E-state index is -3.65. The minimum absolute atomic E-state index is 0.0708. The SMILES string of the molecule is CC1CCCC(C)N1NS(=O)(=O)c1ccc(C#N)nc1. The Morgan fingerprint density at radius 2 is 2.00 bits per heavy atom. The monoisotopic (exact) mass is 294 g/mol. The summed E-state index contributed by atoms with van der Waals surface area (Å²) in [5.41, 5.74) is 0.198. The fourth-order valence-corrected chi connectivity index (χ4v) is 3.58. The van der Waals surface area contributed by atoms with Crippen LogP contribution in [0.15, 0.2) is 23.2 Å². The third kappa shape index (κ3) is 3.15. The van der Waals surface area contributed by atoms with E-state index in [0.717, 1.165) is 19.3 Å². The molecule has 2 unspecified atom stereocenters. The van der Waals surface area contributed by atoms with E-state index in [0.29, 0.717) is 0 Å². The van der Waals surface area contributed by atoms with Crippen molar-refractivity contribution in [3.63, 3.8) is 0 Å². The van der Waals surface area contributed by atoms with Gasteiger partial charge < -0.3 is 0 Å². The van der Waals surface area contributed by atoms with E-state index in [1.807, 2.05) is 19.9 Å². The van der Waals surface area contributed by atoms with Crippen molar-refractivity contribution >= 4 is 10.0 Å². The minimum Gasteiger partial charge on any atom is -0.244 e. The van der Waals surface area contributed by atoms with E-state index in [9.17, 15) is 8.42 Å². The molecule has 20 heavy (non-hydrogen) atoms. The van der Waals surface area contributed by atoms with Crippen molar-refractivity contribution in [2.45, 2.75) is 50.1 Å². The van der Waals surface area contributed by atoms with Gasteiger partial charge in [-0.05, 0) is 38.8 Å². The molecule has 1 aromatic rings. The molecule has 2 rings (SSSR count). The predicted molar refractivity (Wildman–Crippen MR) is 73.9 cm³/mol. The number of aromatic nitrogens is 1. The Bertz CT molecular complexity index is 596. The van der Waals surface area contributed by atoms with Gasteiger partial charge in [0, 0.05) is 18.3 Å². The topological polar surface area (TPSA) is 86.1 Å². The molecule has 0 bridgehead atoms. The summed E-state index contributed by atoms with van der Waals surface area (Å²) in [6, 6.07) is 4.99. The highest BCUT2D eigenvalue weighted by Gasteiger charge is 2.29. The molecule has 0 amide bonds. The summed E-state index contributed by atoms with van der Waals surface area (Å²) in [6.45, 7) is 4.02. The molecule has 0 aliphatic carbocycles. The number of rotatable bonds is 3. The average molecular weight is 294 g/mol. The van der Waals surface area contributed by atoms with Crippen LogP contribution in [0, 0.1) is 11.3 Å². The standard InChI is InChI=1S/C13H18N4O2S/c1-10-4-3-5-11(2)17(10)16-20(18,19)13-7-6-12(8-14)15-9-13/h6-7,9-11,16H,3-5H2,1-2H3. The number of nitrogens with one attached hydrogen (secondary N) is 1. The van der Waals surface area contributed by atoms with Crippen LogP contribution in [0.2, 0.25) is 0 Å². The quantitative estimate of drug-likeness (QED) is 0.911. The lowest BCUT2D eigenvalue weighted by atomic mass is 10.0. The Morgan fingerprint density at radius 3 is 2.50 bits per heavy atom. The van der Waals surface area contributed by atoms with E-state index < -0.39 is 10.0 Å². The van der Waals surface area contributed by atoms with Gasteiger partial charge in [-0.15, -0.1) is 4.83 Å². The lowest BCUT2D eigenvalue weighted by Gasteiger charge is -2.38. The van der Waals surface area contributed by atoms with Gasteiger partial charge in [-0.1, -0.05) is 6.42 Å². The van der Waals surface area contributed by atoms with Crippen molar-refractivity contribution < 1.29 is 8.42 Å². The van der Waals surface area contributed by atoms with Gasteiger partial charge in [0.25, 0.3) is 10.0 Å². The van der Waals surface area contributed by atoms with Crippen LogP contribution in [0.3, 0.4) is 0 Å². The molecule has 0 spiro atoms. The molecule has 1 aromatic heterocycles. The molecule has 1 aliphatic heterocycles. The van der Waals surface area contributed by atoms with Crippen LogP contribution in [0.4, 0.5) is 0 Å². The number of hydrogen-bond donors (Lipinski definition) is 1. The number of pyridine rings is 1. The number of sulfonamides is 1. The van der Waals surface area contributed by atoms with Crippen molar-refractivity contribution in [2.75, 3.05) is 0 Å². The summed E-state index contributed by atoms with van der Waals surface area (Å²) in [5.74, 6) is 0. The van der Waals surface area contributed by atoms with Crippen LogP contribution in [0.5, 0.6) is 0 Å². The molecule has 7 heteroatoms. The molecule has 0 saturated carbocycles. The summed E-state index contributed by atoms with van der Waals surface area (Å²) < 4.78 is 24.6. The number of hydrazine groups is 1. The molecule has 1 aliphatic rings. The first kappa shape index (κ1) is 14.9. The molecule has 0 aromatic carbocycles. The lowest BCUT2D eigenvalue weighted by molar-refractivity contribution is 0.0790. The maximum Gasteiger partial charge on any atom is 0.255 e. The molecule has 1 fully saturated rings. The van der Waals surface area contributed by atoms with Crippen molar-refractivity contribution in [1.29, 1.82) is 5.26 Å². The van der Waals surface area contributed by atoms with E-state index in [1.54, 1.807) is 5.01 Å².